The molecule has 3 aliphatic rings. The van der Waals surface area contributed by atoms with Crippen molar-refractivity contribution in [3.63, 3.8) is 0 Å². The molecule has 1 nitrogen and oxygen atoms in total. The summed E-state index contributed by atoms with van der Waals surface area (Å²) < 4.78 is 8.80. The Kier molecular flexibility index (Phi) is 8.51. The number of allylic oxidation sites excluding steroid dienone is 8. The van der Waals surface area contributed by atoms with Crippen LogP contribution < -0.4 is 24.8 Å². The van der Waals surface area contributed by atoms with Gasteiger partial charge in [-0.2, -0.15) is 0 Å². The molecule has 0 radical (unpaired) electrons. The molecule has 1 aromatic heterocycles. The van der Waals surface area contributed by atoms with Crippen molar-refractivity contribution >= 4 is 0 Å². The number of furan rings is 1. The van der Waals surface area contributed by atoms with Gasteiger partial charge in [-0.05, 0) is 0 Å². The minimum atomic E-state index is -0.671. The zero-order valence-electron chi connectivity index (χ0n) is 18.5. The van der Waals surface area contributed by atoms with Gasteiger partial charge >= 0.3 is 177 Å². The molecule has 0 saturated carbocycles. The molecule has 1 aromatic rings. The van der Waals surface area contributed by atoms with Gasteiger partial charge in [0.25, 0.3) is 0 Å². The van der Waals surface area contributed by atoms with Gasteiger partial charge in [-0.15, -0.1) is 0 Å². The summed E-state index contributed by atoms with van der Waals surface area (Å²) in [6.07, 6.45) is 7.39. The molecule has 156 valence electrons. The van der Waals surface area contributed by atoms with Crippen LogP contribution >= 0.6 is 0 Å². The SMILES string of the molecule is CCc1ccc(C2CCCC3=C2C=C(C)[CH]3[Zr+2][C]2=C(C)C(C)=C(C)C2C)o1.[Cl-].[Cl-]. The van der Waals surface area contributed by atoms with Gasteiger partial charge in [0, 0.05) is 0 Å². The van der Waals surface area contributed by atoms with Crippen molar-refractivity contribution in [3.8, 4) is 0 Å². The second-order valence-electron chi connectivity index (χ2n) is 8.62. The number of aryl methyl sites for hydroxylation is 1. The average molecular weight is 511 g/mol. The van der Waals surface area contributed by atoms with Crippen molar-refractivity contribution in [2.45, 2.75) is 76.8 Å². The molecule has 3 atom stereocenters. The first kappa shape index (κ1) is 25.0. The number of rotatable bonds is 4. The van der Waals surface area contributed by atoms with Crippen molar-refractivity contribution < 1.29 is 52.5 Å². The molecule has 0 saturated heterocycles. The summed E-state index contributed by atoms with van der Waals surface area (Å²) in [5, 5.41) is 0. The molecule has 0 spiro atoms. The van der Waals surface area contributed by atoms with E-state index in [1.807, 2.05) is 3.28 Å². The Morgan fingerprint density at radius 1 is 1.07 bits per heavy atom. The topological polar surface area (TPSA) is 13.1 Å². The predicted octanol–water partition coefficient (Wildman–Crippen LogP) is 1.51. The van der Waals surface area contributed by atoms with Gasteiger partial charge in [-0.1, -0.05) is 0 Å². The molecule has 0 amide bonds. The van der Waals surface area contributed by atoms with Gasteiger partial charge in [0.2, 0.25) is 0 Å². The summed E-state index contributed by atoms with van der Waals surface area (Å²) in [6, 6.07) is 4.41. The Balaban J connectivity index is 0.00000150. The third-order valence-electron chi connectivity index (χ3n) is 7.19. The maximum atomic E-state index is 6.18. The molecule has 4 heteroatoms. The molecule has 0 fully saturated rings. The molecule has 0 aliphatic heterocycles. The minimum absolute atomic E-state index is 0. The molecule has 0 bridgehead atoms. The zero-order valence-corrected chi connectivity index (χ0v) is 22.4. The Labute approximate surface area is 200 Å². The van der Waals surface area contributed by atoms with Gasteiger partial charge in [-0.25, -0.2) is 0 Å². The third kappa shape index (κ3) is 4.37. The molecular formula is C25H32Cl2OZr. The van der Waals surface area contributed by atoms with Crippen LogP contribution in [0.5, 0.6) is 0 Å². The predicted molar refractivity (Wildman–Crippen MR) is 109 cm³/mol. The van der Waals surface area contributed by atoms with E-state index in [0.717, 1.165) is 15.8 Å². The first-order valence-electron chi connectivity index (χ1n) is 10.6. The summed E-state index contributed by atoms with van der Waals surface area (Å²) >= 11 is -0.671. The maximum Gasteiger partial charge on any atom is -1.00 e. The largest absolute Gasteiger partial charge is 1.00 e. The Bertz CT molecular complexity index is 900. The van der Waals surface area contributed by atoms with E-state index < -0.39 is 23.2 Å². The van der Waals surface area contributed by atoms with E-state index in [2.05, 4.69) is 59.8 Å². The average Bonchev–Trinajstić information content (AvgIpc) is 3.31. The summed E-state index contributed by atoms with van der Waals surface area (Å²) in [6.45, 7) is 14.1. The van der Waals surface area contributed by atoms with Gasteiger partial charge in [0.15, 0.2) is 0 Å². The van der Waals surface area contributed by atoms with E-state index in [-0.39, 0.29) is 24.8 Å². The Morgan fingerprint density at radius 3 is 2.38 bits per heavy atom. The van der Waals surface area contributed by atoms with Crippen LogP contribution in [0.15, 0.2) is 59.3 Å². The second kappa shape index (κ2) is 9.89. The normalized spacial score (nSPS) is 26.1. The molecule has 4 rings (SSSR count). The second-order valence-corrected chi connectivity index (χ2v) is 12.1. The van der Waals surface area contributed by atoms with Crippen LogP contribution in [0.2, 0.25) is 3.63 Å². The molecule has 3 unspecified atom stereocenters. The summed E-state index contributed by atoms with van der Waals surface area (Å²) in [5.41, 5.74) is 9.83. The molecule has 29 heavy (non-hydrogen) atoms. The maximum absolute atomic E-state index is 6.18. The van der Waals surface area contributed by atoms with Crippen molar-refractivity contribution in [3.05, 3.63) is 66.4 Å². The zero-order chi connectivity index (χ0) is 19.3. The number of hydrogen-bond acceptors (Lipinski definition) is 1. The molecule has 0 N–H and O–H groups in total. The van der Waals surface area contributed by atoms with Crippen molar-refractivity contribution in [2.75, 3.05) is 0 Å². The minimum Gasteiger partial charge on any atom is -1.00 e. The fourth-order valence-corrected chi connectivity index (χ4v) is 10.0. The van der Waals surface area contributed by atoms with Crippen molar-refractivity contribution in [1.29, 1.82) is 0 Å². The van der Waals surface area contributed by atoms with Gasteiger partial charge < -0.3 is 24.8 Å². The molecule has 0 aromatic carbocycles. The van der Waals surface area contributed by atoms with Crippen LogP contribution in [0, 0.1) is 5.92 Å². The van der Waals surface area contributed by atoms with E-state index >= 15 is 0 Å². The number of hydrogen-bond donors (Lipinski definition) is 0. The number of halogens is 2. The Hall–Kier alpha value is -0.297. The fourth-order valence-electron chi connectivity index (χ4n) is 5.15. The summed E-state index contributed by atoms with van der Waals surface area (Å²) in [7, 11) is 0. The van der Waals surface area contributed by atoms with Gasteiger partial charge in [-0.3, -0.25) is 0 Å². The van der Waals surface area contributed by atoms with Crippen LogP contribution in [0.3, 0.4) is 0 Å². The van der Waals surface area contributed by atoms with Crippen LogP contribution in [-0.2, 0) is 29.7 Å². The van der Waals surface area contributed by atoms with Crippen molar-refractivity contribution in [1.82, 2.24) is 0 Å². The Morgan fingerprint density at radius 2 is 1.79 bits per heavy atom. The van der Waals surface area contributed by atoms with E-state index in [4.69, 9.17) is 4.42 Å². The third-order valence-corrected chi connectivity index (χ3v) is 12.6. The first-order chi connectivity index (χ1) is 12.9. The molecule has 1 heterocycles. The van der Waals surface area contributed by atoms with Crippen LogP contribution in [-0.4, -0.2) is 0 Å². The smallest absolute Gasteiger partial charge is 1.00 e. The van der Waals surface area contributed by atoms with Crippen LogP contribution in [0.25, 0.3) is 0 Å². The standard InChI is InChI=1S/C16H19O.C9H13.2ClH.Zr/c1-3-13-7-8-16(17-13)14-6-4-5-12-9-11(2)10-15(12)14;1-6-5-7(2)9(4)8(6)3;;;/h7-10,14H,3-6H2,1-2H3;6H,1-4H3;2*1H;/q;;;;+2/p-2. The van der Waals surface area contributed by atoms with E-state index in [9.17, 15) is 0 Å². The van der Waals surface area contributed by atoms with Gasteiger partial charge in [0.05, 0.1) is 0 Å². The van der Waals surface area contributed by atoms with E-state index in [0.29, 0.717) is 11.8 Å². The quantitative estimate of drug-likeness (QED) is 0.599. The molecule has 3 aliphatic carbocycles. The first-order valence-corrected chi connectivity index (χ1v) is 13.2. The summed E-state index contributed by atoms with van der Waals surface area (Å²) in [5.74, 6) is 3.51. The van der Waals surface area contributed by atoms with Crippen LogP contribution in [0.1, 0.15) is 78.2 Å². The van der Waals surface area contributed by atoms with E-state index in [1.54, 1.807) is 33.4 Å². The molecular weight excluding hydrogens is 478 g/mol. The fraction of sp³-hybridized carbons (Fsp3) is 0.520. The summed E-state index contributed by atoms with van der Waals surface area (Å²) in [4.78, 5) is 0. The monoisotopic (exact) mass is 508 g/mol. The van der Waals surface area contributed by atoms with E-state index in [1.165, 1.54) is 25.0 Å². The van der Waals surface area contributed by atoms with Gasteiger partial charge in [0.1, 0.15) is 0 Å². The van der Waals surface area contributed by atoms with Crippen LogP contribution in [0.4, 0.5) is 0 Å². The van der Waals surface area contributed by atoms with Crippen molar-refractivity contribution in [2.24, 2.45) is 5.92 Å².